The van der Waals surface area contributed by atoms with Gasteiger partial charge in [0.05, 0.1) is 36.1 Å². The van der Waals surface area contributed by atoms with Gasteiger partial charge in [0.25, 0.3) is 0 Å². The van der Waals surface area contributed by atoms with Crippen LogP contribution in [-0.4, -0.2) is 44.0 Å². The fourth-order valence-corrected chi connectivity index (χ4v) is 4.28. The van der Waals surface area contributed by atoms with Gasteiger partial charge in [-0.05, 0) is 48.9 Å². The van der Waals surface area contributed by atoms with Crippen molar-refractivity contribution < 1.29 is 28.5 Å². The minimum Gasteiger partial charge on any atom is -0.490 e. The van der Waals surface area contributed by atoms with Crippen molar-refractivity contribution in [2.75, 3.05) is 43.1 Å². The van der Waals surface area contributed by atoms with E-state index in [0.29, 0.717) is 72.9 Å². The SMILES string of the molecule is CCOc1cc(CNc2ccc(N3CCOCC3)c(C(=O)O)c2)cc(Cl)c1OCc1ccccc1F. The Labute approximate surface area is 214 Å². The number of nitrogens with zero attached hydrogens (tertiary/aromatic N) is 1. The van der Waals surface area contributed by atoms with Crippen LogP contribution >= 0.6 is 11.6 Å². The van der Waals surface area contributed by atoms with E-state index in [2.05, 4.69) is 5.32 Å². The number of aromatic carboxylic acids is 1. The van der Waals surface area contributed by atoms with E-state index >= 15 is 0 Å². The maximum atomic E-state index is 14.0. The van der Waals surface area contributed by atoms with E-state index in [0.717, 1.165) is 5.56 Å². The summed E-state index contributed by atoms with van der Waals surface area (Å²) in [4.78, 5) is 13.9. The first-order chi connectivity index (χ1) is 17.5. The standard InChI is InChI=1S/C27H28ClFN2O5/c1-2-35-25-14-18(13-22(28)26(25)36-17-19-5-3-4-6-23(19)29)16-30-20-7-8-24(21(15-20)27(32)33)31-9-11-34-12-10-31/h3-8,13-15,30H,2,9-12,16-17H2,1H3,(H,32,33). The number of hydrogen-bond acceptors (Lipinski definition) is 6. The molecule has 0 atom stereocenters. The molecular formula is C27H28ClFN2O5. The van der Waals surface area contributed by atoms with Crippen molar-refractivity contribution in [1.29, 1.82) is 0 Å². The molecular weight excluding hydrogens is 487 g/mol. The minimum absolute atomic E-state index is 0.0114. The Hall–Kier alpha value is -3.49. The van der Waals surface area contributed by atoms with Crippen molar-refractivity contribution in [2.45, 2.75) is 20.1 Å². The summed E-state index contributed by atoms with van der Waals surface area (Å²) in [6.07, 6.45) is 0. The number of carboxylic acids is 1. The van der Waals surface area contributed by atoms with Crippen molar-refractivity contribution >= 4 is 28.9 Å². The Kier molecular flexibility index (Phi) is 8.51. The zero-order valence-corrected chi connectivity index (χ0v) is 20.7. The highest BCUT2D eigenvalue weighted by molar-refractivity contribution is 6.32. The van der Waals surface area contributed by atoms with Crippen LogP contribution < -0.4 is 19.7 Å². The van der Waals surface area contributed by atoms with E-state index in [-0.39, 0.29) is 18.0 Å². The molecule has 0 bridgehead atoms. The molecule has 0 unspecified atom stereocenters. The monoisotopic (exact) mass is 514 g/mol. The molecule has 3 aromatic carbocycles. The van der Waals surface area contributed by atoms with Gasteiger partial charge in [-0.2, -0.15) is 0 Å². The van der Waals surface area contributed by atoms with Gasteiger partial charge in [-0.25, -0.2) is 9.18 Å². The van der Waals surface area contributed by atoms with Crippen LogP contribution in [0.3, 0.4) is 0 Å². The number of anilines is 2. The molecule has 0 aliphatic carbocycles. The summed E-state index contributed by atoms with van der Waals surface area (Å²) in [5.74, 6) is -0.550. The number of halogens is 2. The lowest BCUT2D eigenvalue weighted by molar-refractivity contribution is 0.0696. The number of nitrogens with one attached hydrogen (secondary N) is 1. The zero-order chi connectivity index (χ0) is 25.5. The van der Waals surface area contributed by atoms with Gasteiger partial charge in [-0.3, -0.25) is 0 Å². The smallest absolute Gasteiger partial charge is 0.337 e. The number of benzene rings is 3. The first-order valence-electron chi connectivity index (χ1n) is 11.7. The zero-order valence-electron chi connectivity index (χ0n) is 19.9. The van der Waals surface area contributed by atoms with Crippen LogP contribution in [0, 0.1) is 5.82 Å². The Bertz CT molecular complexity index is 1220. The Balaban J connectivity index is 1.49. The quantitative estimate of drug-likeness (QED) is 0.364. The van der Waals surface area contributed by atoms with Gasteiger partial charge < -0.3 is 29.5 Å². The summed E-state index contributed by atoms with van der Waals surface area (Å²) in [6.45, 7) is 5.08. The number of rotatable bonds is 10. The molecule has 1 aliphatic heterocycles. The molecule has 1 aliphatic rings. The highest BCUT2D eigenvalue weighted by Crippen LogP contribution is 2.37. The molecule has 0 amide bonds. The van der Waals surface area contributed by atoms with Crippen LogP contribution in [0.5, 0.6) is 11.5 Å². The second kappa shape index (κ2) is 12.0. The molecule has 3 aromatic rings. The summed E-state index contributed by atoms with van der Waals surface area (Å²) < 4.78 is 30.9. The molecule has 0 radical (unpaired) electrons. The molecule has 190 valence electrons. The second-order valence-corrected chi connectivity index (χ2v) is 8.62. The number of carbonyl (C=O) groups is 1. The van der Waals surface area contributed by atoms with Crippen molar-refractivity contribution in [3.8, 4) is 11.5 Å². The Morgan fingerprint density at radius 2 is 1.92 bits per heavy atom. The molecule has 36 heavy (non-hydrogen) atoms. The highest BCUT2D eigenvalue weighted by atomic mass is 35.5. The molecule has 0 spiro atoms. The van der Waals surface area contributed by atoms with Crippen LogP contribution in [0.1, 0.15) is 28.4 Å². The van der Waals surface area contributed by atoms with Crippen molar-refractivity contribution in [2.24, 2.45) is 0 Å². The average Bonchev–Trinajstić information content (AvgIpc) is 2.88. The minimum atomic E-state index is -0.988. The van der Waals surface area contributed by atoms with Gasteiger partial charge in [0.15, 0.2) is 11.5 Å². The van der Waals surface area contributed by atoms with Gasteiger partial charge in [0.2, 0.25) is 0 Å². The summed E-state index contributed by atoms with van der Waals surface area (Å²) in [5.41, 5.74) is 2.80. The first-order valence-corrected chi connectivity index (χ1v) is 12.1. The van der Waals surface area contributed by atoms with E-state index in [1.807, 2.05) is 24.0 Å². The van der Waals surface area contributed by atoms with Gasteiger partial charge in [-0.1, -0.05) is 29.8 Å². The molecule has 0 aromatic heterocycles. The summed E-state index contributed by atoms with van der Waals surface area (Å²) in [5, 5.41) is 13.4. The molecule has 7 nitrogen and oxygen atoms in total. The molecule has 1 saturated heterocycles. The van der Waals surface area contributed by atoms with Crippen molar-refractivity contribution in [1.82, 2.24) is 0 Å². The molecule has 4 rings (SSSR count). The van der Waals surface area contributed by atoms with Gasteiger partial charge in [0, 0.05) is 30.9 Å². The van der Waals surface area contributed by atoms with Crippen LogP contribution in [0.25, 0.3) is 0 Å². The fraction of sp³-hybridized carbons (Fsp3) is 0.296. The molecule has 0 saturated carbocycles. The topological polar surface area (TPSA) is 80.3 Å². The number of morpholine rings is 1. The predicted octanol–water partition coefficient (Wildman–Crippen LogP) is 5.60. The van der Waals surface area contributed by atoms with Crippen LogP contribution in [0.4, 0.5) is 15.8 Å². The molecule has 9 heteroatoms. The Morgan fingerprint density at radius 1 is 1.14 bits per heavy atom. The third kappa shape index (κ3) is 6.19. The largest absolute Gasteiger partial charge is 0.490 e. The summed E-state index contributed by atoms with van der Waals surface area (Å²) in [6, 6.07) is 15.2. The lowest BCUT2D eigenvalue weighted by Gasteiger charge is -2.30. The summed E-state index contributed by atoms with van der Waals surface area (Å²) in [7, 11) is 0. The second-order valence-electron chi connectivity index (χ2n) is 8.21. The molecule has 1 fully saturated rings. The van der Waals surface area contributed by atoms with E-state index in [9.17, 15) is 14.3 Å². The average molecular weight is 515 g/mol. The van der Waals surface area contributed by atoms with E-state index in [4.69, 9.17) is 25.8 Å². The van der Waals surface area contributed by atoms with Gasteiger partial charge >= 0.3 is 5.97 Å². The van der Waals surface area contributed by atoms with E-state index in [1.54, 1.807) is 36.4 Å². The highest BCUT2D eigenvalue weighted by Gasteiger charge is 2.19. The predicted molar refractivity (Wildman–Crippen MR) is 137 cm³/mol. The van der Waals surface area contributed by atoms with Crippen molar-refractivity contribution in [3.05, 3.63) is 82.1 Å². The fourth-order valence-electron chi connectivity index (χ4n) is 3.99. The Morgan fingerprint density at radius 3 is 2.64 bits per heavy atom. The van der Waals surface area contributed by atoms with Crippen LogP contribution in [0.2, 0.25) is 5.02 Å². The normalized spacial score (nSPS) is 13.4. The molecule has 2 N–H and O–H groups in total. The number of carboxylic acid groups (broad SMARTS) is 1. The molecule has 1 heterocycles. The van der Waals surface area contributed by atoms with E-state index in [1.165, 1.54) is 6.07 Å². The maximum Gasteiger partial charge on any atom is 0.337 e. The third-order valence-corrected chi connectivity index (χ3v) is 6.06. The lowest BCUT2D eigenvalue weighted by atomic mass is 10.1. The first kappa shape index (κ1) is 25.6. The van der Waals surface area contributed by atoms with Crippen molar-refractivity contribution in [3.63, 3.8) is 0 Å². The van der Waals surface area contributed by atoms with Gasteiger partial charge in [0.1, 0.15) is 12.4 Å². The third-order valence-electron chi connectivity index (χ3n) is 5.77. The summed E-state index contributed by atoms with van der Waals surface area (Å²) >= 11 is 6.51. The van der Waals surface area contributed by atoms with E-state index < -0.39 is 5.97 Å². The van der Waals surface area contributed by atoms with Crippen LogP contribution in [-0.2, 0) is 17.9 Å². The maximum absolute atomic E-state index is 14.0. The van der Waals surface area contributed by atoms with Gasteiger partial charge in [-0.15, -0.1) is 0 Å². The van der Waals surface area contributed by atoms with Crippen LogP contribution in [0.15, 0.2) is 54.6 Å². The lowest BCUT2D eigenvalue weighted by Crippen LogP contribution is -2.37. The number of hydrogen-bond donors (Lipinski definition) is 2. The number of ether oxygens (including phenoxy) is 3.